The van der Waals surface area contributed by atoms with E-state index in [0.29, 0.717) is 0 Å². The third kappa shape index (κ3) is 6.43. The lowest BCUT2D eigenvalue weighted by Gasteiger charge is -2.22. The maximum absolute atomic E-state index is 12.8. The molecular weight excluding hydrogens is 297 g/mol. The van der Waals surface area contributed by atoms with Gasteiger partial charge >= 0.3 is 18.1 Å². The van der Waals surface area contributed by atoms with E-state index in [1.165, 1.54) is 6.92 Å². The van der Waals surface area contributed by atoms with Crippen molar-refractivity contribution in [1.82, 2.24) is 10.6 Å². The molecule has 0 aliphatic carbocycles. The number of rotatable bonds is 7. The van der Waals surface area contributed by atoms with Crippen molar-refractivity contribution in [3.8, 4) is 0 Å². The van der Waals surface area contributed by atoms with E-state index in [1.807, 2.05) is 0 Å². The Morgan fingerprint density at radius 3 is 2.10 bits per heavy atom. The van der Waals surface area contributed by atoms with E-state index in [0.717, 1.165) is 14.0 Å². The number of halogens is 3. The molecule has 0 unspecified atom stereocenters. The number of esters is 1. The van der Waals surface area contributed by atoms with Gasteiger partial charge in [-0.2, -0.15) is 13.2 Å². The van der Waals surface area contributed by atoms with Crippen molar-refractivity contribution in [2.45, 2.75) is 32.1 Å². The first-order valence-corrected chi connectivity index (χ1v) is 5.91. The van der Waals surface area contributed by atoms with Gasteiger partial charge in [0, 0.05) is 6.54 Å². The van der Waals surface area contributed by atoms with Crippen LogP contribution >= 0.6 is 0 Å². The summed E-state index contributed by atoms with van der Waals surface area (Å²) in [5.41, 5.74) is 0. The monoisotopic (exact) mass is 314 g/mol. The third-order valence-electron chi connectivity index (χ3n) is 2.62. The van der Waals surface area contributed by atoms with Crippen LogP contribution in [0.3, 0.4) is 0 Å². The third-order valence-corrected chi connectivity index (χ3v) is 2.62. The van der Waals surface area contributed by atoms with Gasteiger partial charge in [0.05, 0.1) is 7.11 Å². The largest absolute Gasteiger partial charge is 0.480 e. The zero-order chi connectivity index (χ0) is 16.8. The Bertz CT molecular complexity index is 400. The lowest BCUT2D eigenvalue weighted by Crippen LogP contribution is -2.51. The van der Waals surface area contributed by atoms with Crippen LogP contribution in [-0.2, 0) is 19.1 Å². The van der Waals surface area contributed by atoms with Crippen LogP contribution in [0.1, 0.15) is 13.8 Å². The summed E-state index contributed by atoms with van der Waals surface area (Å²) in [6, 6.07) is -2.50. The molecule has 3 N–H and O–H groups in total. The number of amides is 1. The Hall–Kier alpha value is -1.84. The topological polar surface area (TPSA) is 105 Å². The lowest BCUT2D eigenvalue weighted by molar-refractivity contribution is -0.183. The normalized spacial score (nSPS) is 15.7. The van der Waals surface area contributed by atoms with Gasteiger partial charge in [0.2, 0.25) is 5.91 Å². The second-order valence-electron chi connectivity index (χ2n) is 4.32. The second kappa shape index (κ2) is 7.81. The number of carboxylic acid groups (broad SMARTS) is 1. The van der Waals surface area contributed by atoms with Crippen LogP contribution < -0.4 is 10.6 Å². The molecule has 0 radical (unpaired) electrons. The highest BCUT2D eigenvalue weighted by atomic mass is 19.4. The van der Waals surface area contributed by atoms with Crippen molar-refractivity contribution in [3.05, 3.63) is 0 Å². The molecule has 0 fully saturated rings. The number of alkyl halides is 3. The summed E-state index contributed by atoms with van der Waals surface area (Å²) >= 11 is 0. The summed E-state index contributed by atoms with van der Waals surface area (Å²) < 4.78 is 42.7. The molecule has 0 rings (SSSR count). The fourth-order valence-electron chi connectivity index (χ4n) is 1.29. The maximum Gasteiger partial charge on any atom is 0.401 e. The average molecular weight is 314 g/mol. The van der Waals surface area contributed by atoms with Crippen molar-refractivity contribution >= 4 is 17.8 Å². The summed E-state index contributed by atoms with van der Waals surface area (Å²) in [7, 11) is 1.07. The minimum Gasteiger partial charge on any atom is -0.480 e. The van der Waals surface area contributed by atoms with Gasteiger partial charge in [-0.15, -0.1) is 0 Å². The maximum atomic E-state index is 12.8. The predicted octanol–water partition coefficient (Wildman–Crippen LogP) is -0.0947. The van der Waals surface area contributed by atoms with Gasteiger partial charge in [-0.3, -0.25) is 14.4 Å². The van der Waals surface area contributed by atoms with Crippen LogP contribution in [-0.4, -0.2) is 54.9 Å². The first-order valence-electron chi connectivity index (χ1n) is 5.91. The molecule has 10 heteroatoms. The summed E-state index contributed by atoms with van der Waals surface area (Å²) in [5, 5.41) is 12.5. The van der Waals surface area contributed by atoms with Gasteiger partial charge in [-0.25, -0.2) is 0 Å². The highest BCUT2D eigenvalue weighted by Gasteiger charge is 2.45. The molecule has 1 amide bonds. The molecule has 7 nitrogen and oxygen atoms in total. The fraction of sp³-hybridized carbons (Fsp3) is 0.727. The average Bonchev–Trinajstić information content (AvgIpc) is 2.35. The number of ether oxygens (including phenoxy) is 1. The Balaban J connectivity index is 4.79. The van der Waals surface area contributed by atoms with Gasteiger partial charge in [0.1, 0.15) is 18.0 Å². The van der Waals surface area contributed by atoms with Crippen LogP contribution in [0.25, 0.3) is 0 Å². The van der Waals surface area contributed by atoms with Gasteiger partial charge in [0.25, 0.3) is 0 Å². The molecule has 0 bridgehead atoms. The minimum absolute atomic E-state index is 0.782. The van der Waals surface area contributed by atoms with Gasteiger partial charge in [-0.05, 0) is 13.8 Å². The first-order chi connectivity index (χ1) is 9.50. The molecule has 0 aliphatic heterocycles. The number of hydrogen-bond acceptors (Lipinski definition) is 5. The van der Waals surface area contributed by atoms with Crippen molar-refractivity contribution in [3.63, 3.8) is 0 Å². The van der Waals surface area contributed by atoms with Crippen molar-refractivity contribution < 1.29 is 37.4 Å². The standard InChI is InChI=1S/C11H17F3N2O5/c1-5(9(18)19)16-8(17)7(11(12,13)14)4-15-6(2)10(20)21-3/h5-7,15H,4H2,1-3H3,(H,16,17)(H,18,19)/t5-,6-,7+/m0/s1. The smallest absolute Gasteiger partial charge is 0.401 e. The molecular formula is C11H17F3N2O5. The molecule has 21 heavy (non-hydrogen) atoms. The van der Waals surface area contributed by atoms with E-state index in [4.69, 9.17) is 5.11 Å². The Kier molecular flexibility index (Phi) is 7.13. The molecule has 0 spiro atoms. The molecule has 0 aromatic carbocycles. The number of carbonyl (C=O) groups is 3. The van der Waals surface area contributed by atoms with E-state index < -0.39 is 48.6 Å². The molecule has 3 atom stereocenters. The molecule has 0 heterocycles. The van der Waals surface area contributed by atoms with E-state index >= 15 is 0 Å². The predicted molar refractivity (Wildman–Crippen MR) is 64.3 cm³/mol. The van der Waals surface area contributed by atoms with Crippen LogP contribution in [0, 0.1) is 5.92 Å². The van der Waals surface area contributed by atoms with Crippen LogP contribution in [0.5, 0.6) is 0 Å². The molecule has 0 saturated heterocycles. The summed E-state index contributed by atoms with van der Waals surface area (Å²) in [6.45, 7) is 1.44. The molecule has 0 aromatic rings. The number of aliphatic carboxylic acids is 1. The number of nitrogens with one attached hydrogen (secondary N) is 2. The highest BCUT2D eigenvalue weighted by molar-refractivity contribution is 5.85. The van der Waals surface area contributed by atoms with Gasteiger partial charge in [-0.1, -0.05) is 0 Å². The van der Waals surface area contributed by atoms with Crippen LogP contribution in [0.4, 0.5) is 13.2 Å². The minimum atomic E-state index is -4.88. The zero-order valence-corrected chi connectivity index (χ0v) is 11.7. The Morgan fingerprint density at radius 2 is 1.71 bits per heavy atom. The van der Waals surface area contributed by atoms with E-state index in [1.54, 1.807) is 5.32 Å². The summed E-state index contributed by atoms with van der Waals surface area (Å²) in [6.07, 6.45) is -4.88. The number of carboxylic acids is 1. The SMILES string of the molecule is COC(=O)[C@H](C)NC[C@H](C(=O)N[C@@H](C)C(=O)O)C(F)(F)F. The highest BCUT2D eigenvalue weighted by Crippen LogP contribution is 2.26. The van der Waals surface area contributed by atoms with Crippen molar-refractivity contribution in [2.75, 3.05) is 13.7 Å². The summed E-state index contributed by atoms with van der Waals surface area (Å²) in [4.78, 5) is 33.1. The molecule has 0 aromatic heterocycles. The number of carbonyl (C=O) groups excluding carboxylic acids is 2. The van der Waals surface area contributed by atoms with E-state index in [9.17, 15) is 27.6 Å². The van der Waals surface area contributed by atoms with Crippen LogP contribution in [0.2, 0.25) is 0 Å². The van der Waals surface area contributed by atoms with Crippen molar-refractivity contribution in [1.29, 1.82) is 0 Å². The summed E-state index contributed by atoms with van der Waals surface area (Å²) in [5.74, 6) is -6.20. The van der Waals surface area contributed by atoms with E-state index in [2.05, 4.69) is 10.1 Å². The number of hydrogen-bond donors (Lipinski definition) is 3. The first kappa shape index (κ1) is 19.2. The Morgan fingerprint density at radius 1 is 1.19 bits per heavy atom. The van der Waals surface area contributed by atoms with Crippen molar-refractivity contribution in [2.24, 2.45) is 5.92 Å². The van der Waals surface area contributed by atoms with Gasteiger partial charge < -0.3 is 20.5 Å². The Labute approximate surface area is 118 Å². The molecule has 0 saturated carbocycles. The second-order valence-corrected chi connectivity index (χ2v) is 4.32. The van der Waals surface area contributed by atoms with Crippen LogP contribution in [0.15, 0.2) is 0 Å². The number of methoxy groups -OCH3 is 1. The zero-order valence-electron chi connectivity index (χ0n) is 11.7. The molecule has 122 valence electrons. The van der Waals surface area contributed by atoms with E-state index in [-0.39, 0.29) is 0 Å². The quantitative estimate of drug-likeness (QED) is 0.567. The lowest BCUT2D eigenvalue weighted by atomic mass is 10.1. The molecule has 0 aliphatic rings. The van der Waals surface area contributed by atoms with Gasteiger partial charge in [0.15, 0.2) is 0 Å². The fourth-order valence-corrected chi connectivity index (χ4v) is 1.29.